The predicted octanol–water partition coefficient (Wildman–Crippen LogP) is 12.0. The molecule has 0 saturated heterocycles. The molecule has 48 heavy (non-hydrogen) atoms. The SMILES string of the molecule is CC1(C)C2=C(CCC=C2)c2ccccc21.Cn1c2c(c3ccc(-c4ccc5c(c4)c4ccccc4n5-c4ccccc4)cc31)C=CCC2. The minimum Gasteiger partial charge on any atom is -0.347 e. The number of aryl methyl sites for hydroxylation is 1. The molecule has 5 aromatic carbocycles. The Bertz CT molecular complexity index is 2480. The Hall–Kier alpha value is -5.34. The van der Waals surface area contributed by atoms with Gasteiger partial charge >= 0.3 is 0 Å². The maximum atomic E-state index is 2.39. The van der Waals surface area contributed by atoms with Gasteiger partial charge in [-0.3, -0.25) is 0 Å². The maximum absolute atomic E-state index is 2.39. The van der Waals surface area contributed by atoms with Gasteiger partial charge in [-0.1, -0.05) is 117 Å². The number of fused-ring (bicyclic) bond motifs is 8. The van der Waals surface area contributed by atoms with E-state index in [1.807, 2.05) is 0 Å². The molecular weight excluding hydrogens is 581 g/mol. The molecule has 0 aliphatic heterocycles. The van der Waals surface area contributed by atoms with Crippen LogP contribution in [0.15, 0.2) is 139 Å². The van der Waals surface area contributed by atoms with E-state index in [1.54, 1.807) is 5.57 Å². The molecule has 0 radical (unpaired) electrons. The Labute approximate surface area is 283 Å². The molecule has 0 amide bonds. The van der Waals surface area contributed by atoms with Crippen LogP contribution >= 0.6 is 0 Å². The van der Waals surface area contributed by atoms with E-state index in [0.29, 0.717) is 0 Å². The van der Waals surface area contributed by atoms with Crippen LogP contribution < -0.4 is 0 Å². The highest BCUT2D eigenvalue weighted by atomic mass is 15.0. The average molecular weight is 621 g/mol. The van der Waals surface area contributed by atoms with E-state index in [9.17, 15) is 0 Å². The summed E-state index contributed by atoms with van der Waals surface area (Å²) in [5.74, 6) is 0. The fourth-order valence-electron chi connectivity index (χ4n) is 8.58. The molecule has 2 nitrogen and oxygen atoms in total. The molecule has 10 rings (SSSR count). The van der Waals surface area contributed by atoms with Gasteiger partial charge in [0.2, 0.25) is 0 Å². The predicted molar refractivity (Wildman–Crippen MR) is 205 cm³/mol. The number of hydrogen-bond acceptors (Lipinski definition) is 0. The van der Waals surface area contributed by atoms with Gasteiger partial charge in [-0.2, -0.15) is 0 Å². The summed E-state index contributed by atoms with van der Waals surface area (Å²) >= 11 is 0. The molecule has 0 spiro atoms. The fourth-order valence-corrected chi connectivity index (χ4v) is 8.58. The van der Waals surface area contributed by atoms with E-state index in [-0.39, 0.29) is 5.41 Å². The lowest BCUT2D eigenvalue weighted by Crippen LogP contribution is -2.16. The van der Waals surface area contributed by atoms with Crippen molar-refractivity contribution in [1.29, 1.82) is 0 Å². The van der Waals surface area contributed by atoms with E-state index >= 15 is 0 Å². The molecule has 0 unspecified atom stereocenters. The lowest BCUT2D eigenvalue weighted by molar-refractivity contribution is 0.651. The molecule has 3 aliphatic carbocycles. The van der Waals surface area contributed by atoms with Crippen molar-refractivity contribution in [2.45, 2.75) is 44.9 Å². The normalized spacial score (nSPS) is 15.8. The van der Waals surface area contributed by atoms with Gasteiger partial charge in [0.05, 0.1) is 11.0 Å². The Morgan fingerprint density at radius 3 is 2.19 bits per heavy atom. The highest BCUT2D eigenvalue weighted by molar-refractivity contribution is 6.10. The zero-order valence-corrected chi connectivity index (χ0v) is 28.0. The van der Waals surface area contributed by atoms with E-state index in [1.165, 1.54) is 90.3 Å². The summed E-state index contributed by atoms with van der Waals surface area (Å²) in [5, 5.41) is 3.94. The summed E-state index contributed by atoms with van der Waals surface area (Å²) < 4.78 is 4.76. The molecule has 234 valence electrons. The first kappa shape index (κ1) is 28.8. The molecule has 2 heterocycles. The number of nitrogens with zero attached hydrogens (tertiary/aromatic N) is 2. The molecule has 0 bridgehead atoms. The second-order valence-corrected chi connectivity index (χ2v) is 14.0. The van der Waals surface area contributed by atoms with Crippen LogP contribution in [0.25, 0.3) is 61.2 Å². The van der Waals surface area contributed by atoms with Crippen molar-refractivity contribution in [2.24, 2.45) is 7.05 Å². The molecular formula is C46H40N2. The van der Waals surface area contributed by atoms with Gasteiger partial charge in [0.25, 0.3) is 0 Å². The summed E-state index contributed by atoms with van der Waals surface area (Å²) in [5.41, 5.74) is 16.7. The van der Waals surface area contributed by atoms with Crippen molar-refractivity contribution in [3.05, 3.63) is 161 Å². The quantitative estimate of drug-likeness (QED) is 0.182. The Morgan fingerprint density at radius 2 is 1.29 bits per heavy atom. The van der Waals surface area contributed by atoms with Gasteiger partial charge in [-0.25, -0.2) is 0 Å². The fraction of sp³-hybridized carbons (Fsp3) is 0.174. The van der Waals surface area contributed by atoms with Crippen LogP contribution in [0, 0.1) is 0 Å². The molecule has 2 heteroatoms. The van der Waals surface area contributed by atoms with E-state index < -0.39 is 0 Å². The van der Waals surface area contributed by atoms with Crippen molar-refractivity contribution < 1.29 is 0 Å². The molecule has 3 aliphatic rings. The molecule has 7 aromatic rings. The van der Waals surface area contributed by atoms with Crippen LogP contribution in [0.3, 0.4) is 0 Å². The number of aromatic nitrogens is 2. The Morgan fingerprint density at radius 1 is 0.583 bits per heavy atom. The number of para-hydroxylation sites is 2. The number of rotatable bonds is 2. The Balaban J connectivity index is 0.000000174. The van der Waals surface area contributed by atoms with Crippen LogP contribution in [-0.2, 0) is 18.9 Å². The van der Waals surface area contributed by atoms with Crippen molar-refractivity contribution in [3.8, 4) is 16.8 Å². The van der Waals surface area contributed by atoms with Crippen molar-refractivity contribution in [2.75, 3.05) is 0 Å². The second kappa shape index (κ2) is 11.1. The third-order valence-electron chi connectivity index (χ3n) is 11.0. The summed E-state index contributed by atoms with van der Waals surface area (Å²) in [7, 11) is 2.21. The van der Waals surface area contributed by atoms with Crippen LogP contribution in [0.2, 0.25) is 0 Å². The Kier molecular flexibility index (Phi) is 6.69. The molecule has 0 N–H and O–H groups in total. The zero-order chi connectivity index (χ0) is 32.4. The summed E-state index contributed by atoms with van der Waals surface area (Å²) in [4.78, 5) is 0. The minimum atomic E-state index is 0.211. The molecule has 0 fully saturated rings. The molecule has 2 aromatic heterocycles. The van der Waals surface area contributed by atoms with E-state index in [2.05, 4.69) is 170 Å². The highest BCUT2D eigenvalue weighted by Gasteiger charge is 2.36. The maximum Gasteiger partial charge on any atom is 0.0541 e. The second-order valence-electron chi connectivity index (χ2n) is 14.0. The largest absolute Gasteiger partial charge is 0.347 e. The molecule has 0 saturated carbocycles. The lowest BCUT2D eigenvalue weighted by Gasteiger charge is -2.23. The first-order valence-corrected chi connectivity index (χ1v) is 17.4. The van der Waals surface area contributed by atoms with Crippen LogP contribution in [0.5, 0.6) is 0 Å². The van der Waals surface area contributed by atoms with Crippen molar-refractivity contribution in [3.63, 3.8) is 0 Å². The van der Waals surface area contributed by atoms with Crippen LogP contribution in [-0.4, -0.2) is 9.13 Å². The van der Waals surface area contributed by atoms with E-state index in [0.717, 1.165) is 12.8 Å². The summed E-state index contributed by atoms with van der Waals surface area (Å²) in [6.07, 6.45) is 13.9. The summed E-state index contributed by atoms with van der Waals surface area (Å²) in [6, 6.07) is 42.1. The first-order chi connectivity index (χ1) is 23.5. The number of allylic oxidation sites excluding steroid dienone is 5. The van der Waals surface area contributed by atoms with Gasteiger partial charge in [0.15, 0.2) is 0 Å². The van der Waals surface area contributed by atoms with Gasteiger partial charge in [-0.15, -0.1) is 0 Å². The smallest absolute Gasteiger partial charge is 0.0541 e. The number of benzene rings is 5. The summed E-state index contributed by atoms with van der Waals surface area (Å²) in [6.45, 7) is 4.67. The lowest BCUT2D eigenvalue weighted by atomic mass is 9.80. The van der Waals surface area contributed by atoms with Crippen LogP contribution in [0.1, 0.15) is 55.5 Å². The monoisotopic (exact) mass is 620 g/mol. The third-order valence-corrected chi connectivity index (χ3v) is 11.0. The minimum absolute atomic E-state index is 0.211. The topological polar surface area (TPSA) is 9.86 Å². The van der Waals surface area contributed by atoms with Gasteiger partial charge < -0.3 is 9.13 Å². The first-order valence-electron chi connectivity index (χ1n) is 17.4. The van der Waals surface area contributed by atoms with Gasteiger partial charge in [-0.05, 0) is 95.5 Å². The van der Waals surface area contributed by atoms with Gasteiger partial charge in [0.1, 0.15) is 0 Å². The highest BCUT2D eigenvalue weighted by Crippen LogP contribution is 2.49. The van der Waals surface area contributed by atoms with Crippen LogP contribution in [0.4, 0.5) is 0 Å². The van der Waals surface area contributed by atoms with Crippen molar-refractivity contribution in [1.82, 2.24) is 9.13 Å². The number of hydrogen-bond donors (Lipinski definition) is 0. The molecule has 0 atom stereocenters. The van der Waals surface area contributed by atoms with E-state index in [4.69, 9.17) is 0 Å². The zero-order valence-electron chi connectivity index (χ0n) is 28.0. The standard InChI is InChI=1S/C31H24N2.C15H16/c1-32-28-13-7-5-11-24(28)26-17-15-22(20-31(26)32)21-16-18-30-27(19-21)25-12-6-8-14-29(25)33(30)23-9-3-2-4-10-23;1-15(2)13-9-5-3-7-11(13)12-8-4-6-10-14(12)15/h2-6,8-12,14-20H,7,13H2,1H3;3,5-7,9-10H,4,8H2,1-2H3. The van der Waals surface area contributed by atoms with Crippen molar-refractivity contribution >= 4 is 44.4 Å². The average Bonchev–Trinajstić information content (AvgIpc) is 3.71. The third kappa shape index (κ3) is 4.39. The van der Waals surface area contributed by atoms with Gasteiger partial charge in [0, 0.05) is 51.1 Å².